The van der Waals surface area contributed by atoms with Gasteiger partial charge < -0.3 is 9.84 Å². The molecule has 0 spiro atoms. The summed E-state index contributed by atoms with van der Waals surface area (Å²) in [6, 6.07) is 8.59. The number of carbonyl (C=O) groups is 3. The van der Waals surface area contributed by atoms with Gasteiger partial charge in [-0.05, 0) is 31.9 Å². The highest BCUT2D eigenvalue weighted by Gasteiger charge is 2.36. The molecule has 2 amide bonds. The molecule has 0 heterocycles. The van der Waals surface area contributed by atoms with Crippen molar-refractivity contribution in [3.8, 4) is 0 Å². The standard InChI is InChI=1S/C20H30N2O5/c1-4-14-20(26,15-5-2)19(25)21-22(16-10-8-7-9-11-16)17(23)12-13-18(24)27-6-3/h7-11,26H,4-6,12-15H2,1-3H3,(H,21,25). The van der Waals surface area contributed by atoms with Gasteiger partial charge >= 0.3 is 5.97 Å². The number of hydrazine groups is 1. The Kier molecular flexibility index (Phi) is 9.50. The summed E-state index contributed by atoms with van der Waals surface area (Å²) in [6.45, 7) is 5.70. The molecule has 0 aliphatic carbocycles. The summed E-state index contributed by atoms with van der Waals surface area (Å²) >= 11 is 0. The van der Waals surface area contributed by atoms with E-state index in [-0.39, 0.29) is 19.4 Å². The lowest BCUT2D eigenvalue weighted by Crippen LogP contribution is -2.55. The summed E-state index contributed by atoms with van der Waals surface area (Å²) in [4.78, 5) is 36.9. The molecule has 1 aromatic carbocycles. The Labute approximate surface area is 160 Å². The van der Waals surface area contributed by atoms with Gasteiger partial charge in [0.25, 0.3) is 5.91 Å². The normalized spacial score (nSPS) is 11.0. The van der Waals surface area contributed by atoms with Crippen molar-refractivity contribution < 1.29 is 24.2 Å². The molecule has 1 rings (SSSR count). The number of esters is 1. The first-order valence-electron chi connectivity index (χ1n) is 9.45. The quantitative estimate of drug-likeness (QED) is 0.482. The molecular formula is C20H30N2O5. The van der Waals surface area contributed by atoms with Crippen molar-refractivity contribution in [1.82, 2.24) is 5.43 Å². The topological polar surface area (TPSA) is 95.9 Å². The highest BCUT2D eigenvalue weighted by atomic mass is 16.5. The monoisotopic (exact) mass is 378 g/mol. The van der Waals surface area contributed by atoms with Crippen molar-refractivity contribution >= 4 is 23.5 Å². The molecule has 0 saturated carbocycles. The van der Waals surface area contributed by atoms with Crippen LogP contribution in [0.15, 0.2) is 30.3 Å². The van der Waals surface area contributed by atoms with Crippen molar-refractivity contribution in [2.75, 3.05) is 11.6 Å². The number of ether oxygens (including phenoxy) is 1. The van der Waals surface area contributed by atoms with E-state index in [9.17, 15) is 19.5 Å². The maximum Gasteiger partial charge on any atom is 0.306 e. The Morgan fingerprint density at radius 1 is 1.04 bits per heavy atom. The highest BCUT2D eigenvalue weighted by Crippen LogP contribution is 2.21. The van der Waals surface area contributed by atoms with Crippen LogP contribution in [0.5, 0.6) is 0 Å². The van der Waals surface area contributed by atoms with Gasteiger partial charge in [0.2, 0.25) is 5.91 Å². The van der Waals surface area contributed by atoms with Crippen molar-refractivity contribution in [2.24, 2.45) is 0 Å². The van der Waals surface area contributed by atoms with Crippen LogP contribution in [0.2, 0.25) is 0 Å². The predicted molar refractivity (Wildman–Crippen MR) is 103 cm³/mol. The number of hydrogen-bond acceptors (Lipinski definition) is 5. The summed E-state index contributed by atoms with van der Waals surface area (Å²) in [5.41, 5.74) is 1.45. The number of rotatable bonds is 10. The molecule has 0 aromatic heterocycles. The molecule has 27 heavy (non-hydrogen) atoms. The first-order valence-corrected chi connectivity index (χ1v) is 9.45. The van der Waals surface area contributed by atoms with Gasteiger partial charge in [0.1, 0.15) is 5.60 Å². The number of carbonyl (C=O) groups excluding carboxylic acids is 3. The second kappa shape index (κ2) is 11.3. The SMILES string of the molecule is CCCC(O)(CCC)C(=O)NN(C(=O)CCC(=O)OCC)c1ccccc1. The van der Waals surface area contributed by atoms with Gasteiger partial charge in [0.05, 0.1) is 18.7 Å². The number of benzene rings is 1. The smallest absolute Gasteiger partial charge is 0.306 e. The molecule has 2 N–H and O–H groups in total. The summed E-state index contributed by atoms with van der Waals surface area (Å²) in [5, 5.41) is 11.8. The molecule has 0 unspecified atom stereocenters. The van der Waals surface area contributed by atoms with Gasteiger partial charge in [-0.1, -0.05) is 44.9 Å². The van der Waals surface area contributed by atoms with Crippen molar-refractivity contribution in [3.05, 3.63) is 30.3 Å². The lowest BCUT2D eigenvalue weighted by molar-refractivity contribution is -0.144. The van der Waals surface area contributed by atoms with Gasteiger partial charge in [-0.15, -0.1) is 0 Å². The van der Waals surface area contributed by atoms with Gasteiger partial charge in [-0.3, -0.25) is 19.8 Å². The van der Waals surface area contributed by atoms with E-state index in [0.29, 0.717) is 31.4 Å². The Hall–Kier alpha value is -2.41. The Morgan fingerprint density at radius 3 is 2.15 bits per heavy atom. The third kappa shape index (κ3) is 7.02. The van der Waals surface area contributed by atoms with Crippen LogP contribution in [-0.4, -0.2) is 35.1 Å². The molecule has 0 aliphatic rings. The fraction of sp³-hybridized carbons (Fsp3) is 0.550. The summed E-state index contributed by atoms with van der Waals surface area (Å²) in [6.07, 6.45) is 1.66. The number of nitrogens with zero attached hydrogens (tertiary/aromatic N) is 1. The van der Waals surface area contributed by atoms with E-state index in [2.05, 4.69) is 5.43 Å². The second-order valence-electron chi connectivity index (χ2n) is 6.34. The van der Waals surface area contributed by atoms with E-state index in [1.165, 1.54) is 0 Å². The van der Waals surface area contributed by atoms with E-state index in [0.717, 1.165) is 5.01 Å². The van der Waals surface area contributed by atoms with Crippen LogP contribution in [-0.2, 0) is 19.1 Å². The summed E-state index contributed by atoms with van der Waals surface area (Å²) in [7, 11) is 0. The zero-order valence-corrected chi connectivity index (χ0v) is 16.4. The van der Waals surface area contributed by atoms with Crippen LogP contribution < -0.4 is 10.4 Å². The van der Waals surface area contributed by atoms with E-state index in [1.807, 2.05) is 13.8 Å². The molecule has 7 heteroatoms. The third-order valence-corrected chi connectivity index (χ3v) is 4.08. The average molecular weight is 378 g/mol. The number of amides is 2. The fourth-order valence-electron chi connectivity index (χ4n) is 2.79. The number of para-hydroxylation sites is 1. The van der Waals surface area contributed by atoms with Crippen molar-refractivity contribution in [1.29, 1.82) is 0 Å². The Balaban J connectivity index is 2.97. The molecule has 0 bridgehead atoms. The van der Waals surface area contributed by atoms with E-state index < -0.39 is 23.4 Å². The van der Waals surface area contributed by atoms with Crippen molar-refractivity contribution in [3.63, 3.8) is 0 Å². The largest absolute Gasteiger partial charge is 0.466 e. The molecule has 0 radical (unpaired) electrons. The van der Waals surface area contributed by atoms with E-state index in [1.54, 1.807) is 37.3 Å². The predicted octanol–water partition coefficient (Wildman–Crippen LogP) is 2.73. The zero-order chi connectivity index (χ0) is 20.3. The highest BCUT2D eigenvalue weighted by molar-refractivity contribution is 5.99. The van der Waals surface area contributed by atoms with Gasteiger partial charge in [-0.25, -0.2) is 5.01 Å². The van der Waals surface area contributed by atoms with E-state index >= 15 is 0 Å². The molecule has 0 fully saturated rings. The number of nitrogens with one attached hydrogen (secondary N) is 1. The lowest BCUT2D eigenvalue weighted by atomic mass is 9.92. The van der Waals surface area contributed by atoms with Crippen molar-refractivity contribution in [2.45, 2.75) is 64.9 Å². The maximum atomic E-state index is 12.7. The van der Waals surface area contributed by atoms with Crippen LogP contribution >= 0.6 is 0 Å². The second-order valence-corrected chi connectivity index (χ2v) is 6.34. The van der Waals surface area contributed by atoms with Crippen LogP contribution in [0.1, 0.15) is 59.3 Å². The zero-order valence-electron chi connectivity index (χ0n) is 16.4. The minimum absolute atomic E-state index is 0.0833. The van der Waals surface area contributed by atoms with E-state index in [4.69, 9.17) is 4.74 Å². The van der Waals surface area contributed by atoms with Gasteiger partial charge in [-0.2, -0.15) is 0 Å². The Bertz CT molecular complexity index is 612. The van der Waals surface area contributed by atoms with Crippen LogP contribution in [0.3, 0.4) is 0 Å². The third-order valence-electron chi connectivity index (χ3n) is 4.08. The number of aliphatic hydroxyl groups is 1. The van der Waals surface area contributed by atoms with Gasteiger partial charge in [0.15, 0.2) is 0 Å². The first kappa shape index (κ1) is 22.6. The minimum atomic E-state index is -1.54. The Morgan fingerprint density at radius 2 is 1.63 bits per heavy atom. The molecule has 7 nitrogen and oxygen atoms in total. The number of hydrogen-bond donors (Lipinski definition) is 2. The van der Waals surface area contributed by atoms with Crippen LogP contribution in [0.25, 0.3) is 0 Å². The molecule has 0 saturated heterocycles. The summed E-state index contributed by atoms with van der Waals surface area (Å²) in [5.74, 6) is -1.56. The summed E-state index contributed by atoms with van der Waals surface area (Å²) < 4.78 is 4.84. The van der Waals surface area contributed by atoms with Gasteiger partial charge in [0, 0.05) is 6.42 Å². The molecule has 0 atom stereocenters. The van der Waals surface area contributed by atoms with Crippen LogP contribution in [0.4, 0.5) is 5.69 Å². The first-order chi connectivity index (χ1) is 12.9. The average Bonchev–Trinajstić information content (AvgIpc) is 2.65. The fourth-order valence-corrected chi connectivity index (χ4v) is 2.79. The molecule has 0 aliphatic heterocycles. The molecular weight excluding hydrogens is 348 g/mol. The molecule has 150 valence electrons. The molecule has 1 aromatic rings. The maximum absolute atomic E-state index is 12.7. The van der Waals surface area contributed by atoms with Crippen LogP contribution in [0, 0.1) is 0 Å². The number of anilines is 1. The lowest BCUT2D eigenvalue weighted by Gasteiger charge is -2.31. The minimum Gasteiger partial charge on any atom is -0.466 e.